The smallest absolute Gasteiger partial charge is 0.350 e. The molecule has 4 nitrogen and oxygen atoms in total. The van der Waals surface area contributed by atoms with Gasteiger partial charge in [-0.1, -0.05) is 0 Å². The van der Waals surface area contributed by atoms with Gasteiger partial charge >= 0.3 is 5.97 Å². The first-order valence-electron chi connectivity index (χ1n) is 5.24. The highest BCUT2D eigenvalue weighted by Crippen LogP contribution is 2.13. The average Bonchev–Trinajstić information content (AvgIpc) is 2.91. The van der Waals surface area contributed by atoms with Gasteiger partial charge in [-0.15, -0.1) is 0 Å². The minimum Gasteiger partial charge on any atom is -0.463 e. The van der Waals surface area contributed by atoms with Gasteiger partial charge in [0.2, 0.25) is 6.17 Å². The lowest BCUT2D eigenvalue weighted by molar-refractivity contribution is -0.148. The van der Waals surface area contributed by atoms with Crippen LogP contribution in [0.25, 0.3) is 0 Å². The predicted molar refractivity (Wildman–Crippen MR) is 59.9 cm³/mol. The molecule has 2 heterocycles. The van der Waals surface area contributed by atoms with E-state index in [1.165, 1.54) is 0 Å². The fourth-order valence-corrected chi connectivity index (χ4v) is 1.64. The Morgan fingerprint density at radius 2 is 1.50 bits per heavy atom. The zero-order valence-electron chi connectivity index (χ0n) is 9.11. The van der Waals surface area contributed by atoms with Gasteiger partial charge in [-0.3, -0.25) is 0 Å². The first-order chi connectivity index (χ1) is 7.83. The van der Waals surface area contributed by atoms with E-state index in [-0.39, 0.29) is 5.97 Å². The number of ether oxygens (including phenoxy) is 1. The minimum atomic E-state index is -0.454. The molecule has 0 spiro atoms. The number of hydrogen-bond acceptors (Lipinski definition) is 2. The molecule has 4 heteroatoms. The monoisotopic (exact) mass is 218 g/mol. The molecule has 0 fully saturated rings. The number of rotatable bonds is 4. The van der Waals surface area contributed by atoms with E-state index in [4.69, 9.17) is 4.74 Å². The number of esters is 1. The Labute approximate surface area is 94.1 Å². The van der Waals surface area contributed by atoms with Crippen LogP contribution in [0.2, 0.25) is 0 Å². The van der Waals surface area contributed by atoms with E-state index in [2.05, 4.69) is 0 Å². The summed E-state index contributed by atoms with van der Waals surface area (Å²) in [6.07, 6.45) is 6.94. The van der Waals surface area contributed by atoms with Crippen LogP contribution in [0.15, 0.2) is 49.1 Å². The Morgan fingerprint density at radius 3 is 1.88 bits per heavy atom. The first kappa shape index (κ1) is 10.5. The number of nitrogens with zero attached hydrogens (tertiary/aromatic N) is 2. The molecule has 0 aromatic carbocycles. The molecular weight excluding hydrogens is 204 g/mol. The molecule has 0 saturated carbocycles. The van der Waals surface area contributed by atoms with Crippen LogP contribution in [-0.4, -0.2) is 21.7 Å². The van der Waals surface area contributed by atoms with E-state index < -0.39 is 6.17 Å². The third kappa shape index (κ3) is 2.00. The maximum absolute atomic E-state index is 11.9. The molecule has 2 aromatic heterocycles. The summed E-state index contributed by atoms with van der Waals surface area (Å²) in [7, 11) is 0. The van der Waals surface area contributed by atoms with Crippen LogP contribution >= 0.6 is 0 Å². The fourth-order valence-electron chi connectivity index (χ4n) is 1.64. The van der Waals surface area contributed by atoms with E-state index >= 15 is 0 Å². The molecule has 0 amide bonds. The molecule has 0 bridgehead atoms. The van der Waals surface area contributed by atoms with Gasteiger partial charge in [-0.05, 0) is 31.2 Å². The molecule has 16 heavy (non-hydrogen) atoms. The molecule has 0 aliphatic carbocycles. The molecule has 0 saturated heterocycles. The molecule has 0 aliphatic heterocycles. The Hall–Kier alpha value is -1.97. The molecule has 0 atom stereocenters. The van der Waals surface area contributed by atoms with Crippen molar-refractivity contribution in [3.8, 4) is 0 Å². The van der Waals surface area contributed by atoms with Crippen LogP contribution in [-0.2, 0) is 9.53 Å². The number of aromatic nitrogens is 2. The van der Waals surface area contributed by atoms with Crippen molar-refractivity contribution in [3.05, 3.63) is 49.1 Å². The van der Waals surface area contributed by atoms with Gasteiger partial charge in [0.1, 0.15) is 0 Å². The number of carbonyl (C=O) groups is 1. The topological polar surface area (TPSA) is 36.2 Å². The summed E-state index contributed by atoms with van der Waals surface area (Å²) >= 11 is 0. The second-order valence-electron chi connectivity index (χ2n) is 3.39. The van der Waals surface area contributed by atoms with Gasteiger partial charge in [0.25, 0.3) is 0 Å². The average molecular weight is 218 g/mol. The van der Waals surface area contributed by atoms with Crippen LogP contribution < -0.4 is 0 Å². The van der Waals surface area contributed by atoms with Crippen LogP contribution in [0.3, 0.4) is 0 Å². The lowest BCUT2D eigenvalue weighted by Gasteiger charge is -2.18. The summed E-state index contributed by atoms with van der Waals surface area (Å²) in [6, 6.07) is 7.54. The molecule has 0 unspecified atom stereocenters. The van der Waals surface area contributed by atoms with Crippen LogP contribution in [0, 0.1) is 0 Å². The van der Waals surface area contributed by atoms with Crippen molar-refractivity contribution >= 4 is 5.97 Å². The van der Waals surface area contributed by atoms with Crippen LogP contribution in [0.4, 0.5) is 0 Å². The highest BCUT2D eigenvalue weighted by atomic mass is 16.5. The maximum Gasteiger partial charge on any atom is 0.350 e. The lowest BCUT2D eigenvalue weighted by atomic mass is 10.4. The summed E-state index contributed by atoms with van der Waals surface area (Å²) in [5.74, 6) is -0.255. The highest BCUT2D eigenvalue weighted by molar-refractivity contribution is 5.74. The van der Waals surface area contributed by atoms with Crippen LogP contribution in [0.5, 0.6) is 0 Å². The summed E-state index contributed by atoms with van der Waals surface area (Å²) < 4.78 is 8.71. The molecule has 0 N–H and O–H groups in total. The third-order valence-corrected chi connectivity index (χ3v) is 2.32. The lowest BCUT2D eigenvalue weighted by Crippen LogP contribution is -2.26. The largest absolute Gasteiger partial charge is 0.463 e. The van der Waals surface area contributed by atoms with Crippen molar-refractivity contribution in [2.45, 2.75) is 13.1 Å². The highest BCUT2D eigenvalue weighted by Gasteiger charge is 2.21. The summed E-state index contributed by atoms with van der Waals surface area (Å²) in [5.41, 5.74) is 0. The van der Waals surface area contributed by atoms with Gasteiger partial charge in [0, 0.05) is 24.8 Å². The standard InChI is InChI=1S/C12H14N2O2/c1-2-16-12(15)11(13-7-3-4-8-13)14-9-5-6-10-14/h3-11H,2H2,1H3. The summed E-state index contributed by atoms with van der Waals surface area (Å²) in [6.45, 7) is 2.19. The summed E-state index contributed by atoms with van der Waals surface area (Å²) in [5, 5.41) is 0. The minimum absolute atomic E-state index is 0.255. The Balaban J connectivity index is 2.31. The van der Waals surface area contributed by atoms with Crippen molar-refractivity contribution in [3.63, 3.8) is 0 Å². The zero-order chi connectivity index (χ0) is 11.4. The van der Waals surface area contributed by atoms with Crippen molar-refractivity contribution < 1.29 is 9.53 Å². The quantitative estimate of drug-likeness (QED) is 0.735. The number of hydrogen-bond donors (Lipinski definition) is 0. The van der Waals surface area contributed by atoms with E-state index in [0.717, 1.165) is 0 Å². The SMILES string of the molecule is CCOC(=O)C(n1cccc1)n1cccc1. The molecule has 84 valence electrons. The van der Waals surface area contributed by atoms with Crippen molar-refractivity contribution in [2.24, 2.45) is 0 Å². The Bertz CT molecular complexity index is 397. The zero-order valence-corrected chi connectivity index (χ0v) is 9.11. The third-order valence-electron chi connectivity index (χ3n) is 2.32. The fraction of sp³-hybridized carbons (Fsp3) is 0.250. The van der Waals surface area contributed by atoms with Crippen molar-refractivity contribution in [2.75, 3.05) is 6.61 Å². The molecular formula is C12H14N2O2. The van der Waals surface area contributed by atoms with Crippen LogP contribution in [0.1, 0.15) is 13.1 Å². The van der Waals surface area contributed by atoms with Gasteiger partial charge in [-0.25, -0.2) is 4.79 Å². The molecule has 0 aliphatic rings. The summed E-state index contributed by atoms with van der Waals surface area (Å²) in [4.78, 5) is 11.9. The van der Waals surface area contributed by atoms with Gasteiger partial charge in [-0.2, -0.15) is 0 Å². The van der Waals surface area contributed by atoms with Gasteiger partial charge in [0.05, 0.1) is 6.61 Å². The Morgan fingerprint density at radius 1 is 1.06 bits per heavy atom. The van der Waals surface area contributed by atoms with Crippen molar-refractivity contribution in [1.29, 1.82) is 0 Å². The number of carbonyl (C=O) groups excluding carboxylic acids is 1. The second-order valence-corrected chi connectivity index (χ2v) is 3.39. The van der Waals surface area contributed by atoms with Crippen molar-refractivity contribution in [1.82, 2.24) is 9.13 Å². The van der Waals surface area contributed by atoms with E-state index in [9.17, 15) is 4.79 Å². The Kier molecular flexibility index (Phi) is 3.10. The van der Waals surface area contributed by atoms with E-state index in [1.54, 1.807) is 6.92 Å². The van der Waals surface area contributed by atoms with Gasteiger partial charge < -0.3 is 13.9 Å². The maximum atomic E-state index is 11.9. The normalized spacial score (nSPS) is 10.6. The van der Waals surface area contributed by atoms with E-state index in [1.807, 2.05) is 58.2 Å². The van der Waals surface area contributed by atoms with E-state index in [0.29, 0.717) is 6.61 Å². The predicted octanol–water partition coefficient (Wildman–Crippen LogP) is 1.90. The van der Waals surface area contributed by atoms with Gasteiger partial charge in [0.15, 0.2) is 0 Å². The molecule has 2 rings (SSSR count). The first-order valence-corrected chi connectivity index (χ1v) is 5.24. The molecule has 0 radical (unpaired) electrons. The molecule has 2 aromatic rings. The second kappa shape index (κ2) is 4.70.